The van der Waals surface area contributed by atoms with Gasteiger partial charge in [0.2, 0.25) is 5.95 Å². The van der Waals surface area contributed by atoms with E-state index in [1.165, 1.54) is 6.33 Å². The first-order valence-electron chi connectivity index (χ1n) is 11.4. The van der Waals surface area contributed by atoms with Crippen LogP contribution >= 0.6 is 23.2 Å². The lowest BCUT2D eigenvalue weighted by Gasteiger charge is -2.29. The van der Waals surface area contributed by atoms with E-state index in [4.69, 9.17) is 32.7 Å². The van der Waals surface area contributed by atoms with E-state index in [1.54, 1.807) is 36.1 Å². The van der Waals surface area contributed by atoms with Crippen LogP contribution in [0.5, 0.6) is 11.5 Å². The maximum absolute atomic E-state index is 13.6. The largest absolute Gasteiger partial charge is 0.495 e. The Kier molecular flexibility index (Phi) is 7.03. The Bertz CT molecular complexity index is 1480. The number of hydrogen-bond donors (Lipinski definition) is 2. The summed E-state index contributed by atoms with van der Waals surface area (Å²) in [5.74, 6) is 1.49. The van der Waals surface area contributed by atoms with Crippen LogP contribution in [-0.2, 0) is 11.4 Å². The number of methoxy groups -OCH3 is 1. The first kappa shape index (κ1) is 24.7. The summed E-state index contributed by atoms with van der Waals surface area (Å²) < 4.78 is 13.0. The molecule has 0 saturated heterocycles. The molecule has 4 aromatic rings. The maximum atomic E-state index is 13.6. The highest BCUT2D eigenvalue weighted by atomic mass is 35.5. The average molecular weight is 536 g/mol. The molecule has 2 heterocycles. The number of nitrogens with zero attached hydrogens (tertiary/aromatic N) is 3. The van der Waals surface area contributed by atoms with Crippen molar-refractivity contribution in [2.24, 2.45) is 0 Å². The number of nitrogens with one attached hydrogen (secondary N) is 2. The fourth-order valence-electron chi connectivity index (χ4n) is 4.18. The van der Waals surface area contributed by atoms with Crippen molar-refractivity contribution in [2.45, 2.75) is 19.6 Å². The molecule has 10 heteroatoms. The maximum Gasteiger partial charge on any atom is 0.255 e. The second kappa shape index (κ2) is 10.5. The molecule has 1 atom stereocenters. The molecule has 1 aliphatic heterocycles. The highest BCUT2D eigenvalue weighted by Gasteiger charge is 2.33. The van der Waals surface area contributed by atoms with E-state index in [0.29, 0.717) is 51.1 Å². The van der Waals surface area contributed by atoms with E-state index < -0.39 is 6.04 Å². The molecule has 5 rings (SSSR count). The standard InChI is InChI=1S/C27H23Cl2N5O3/c1-16-24(26(35)33-22-5-3-4-6-23(22)36-2)25(34-27(32-16)30-15-31-34)17-8-11-20(12-9-17)37-14-18-7-10-19(28)13-21(18)29/h3-13,15,25H,14H2,1-2H3,(H,33,35)(H,30,31,32)/t25-/m1/s1. The summed E-state index contributed by atoms with van der Waals surface area (Å²) in [5.41, 5.74) is 3.42. The molecular formula is C27H23Cl2N5O3. The summed E-state index contributed by atoms with van der Waals surface area (Å²) in [5, 5.41) is 11.6. The second-order valence-corrected chi connectivity index (χ2v) is 9.19. The molecular weight excluding hydrogens is 513 g/mol. The van der Waals surface area contributed by atoms with Crippen LogP contribution in [0, 0.1) is 0 Å². The third kappa shape index (κ3) is 5.12. The fraction of sp³-hybridized carbons (Fsp3) is 0.148. The third-order valence-corrected chi connectivity index (χ3v) is 6.59. The van der Waals surface area contributed by atoms with Gasteiger partial charge in [-0.25, -0.2) is 4.68 Å². The van der Waals surface area contributed by atoms with Gasteiger partial charge in [0.25, 0.3) is 5.91 Å². The van der Waals surface area contributed by atoms with Crippen LogP contribution < -0.4 is 20.1 Å². The van der Waals surface area contributed by atoms with Crippen molar-refractivity contribution < 1.29 is 14.3 Å². The van der Waals surface area contributed by atoms with Gasteiger partial charge in [0.15, 0.2) is 0 Å². The molecule has 2 N–H and O–H groups in total. The number of allylic oxidation sites excluding steroid dienone is 1. The number of fused-ring (bicyclic) bond motifs is 1. The summed E-state index contributed by atoms with van der Waals surface area (Å²) >= 11 is 12.2. The Morgan fingerprint density at radius 1 is 1.11 bits per heavy atom. The lowest BCUT2D eigenvalue weighted by Crippen LogP contribution is -2.31. The van der Waals surface area contributed by atoms with Crippen molar-refractivity contribution in [3.63, 3.8) is 0 Å². The summed E-state index contributed by atoms with van der Waals surface area (Å²) in [7, 11) is 1.56. The molecule has 0 unspecified atom stereocenters. The number of amides is 1. The Morgan fingerprint density at radius 3 is 2.65 bits per heavy atom. The van der Waals surface area contributed by atoms with Crippen molar-refractivity contribution in [1.82, 2.24) is 14.8 Å². The molecule has 1 aliphatic rings. The van der Waals surface area contributed by atoms with Gasteiger partial charge >= 0.3 is 0 Å². The molecule has 0 fully saturated rings. The van der Waals surface area contributed by atoms with Crippen LogP contribution in [0.1, 0.15) is 24.1 Å². The van der Waals surface area contributed by atoms with Gasteiger partial charge in [0, 0.05) is 21.3 Å². The molecule has 188 valence electrons. The minimum Gasteiger partial charge on any atom is -0.495 e. The van der Waals surface area contributed by atoms with Gasteiger partial charge in [0.1, 0.15) is 30.5 Å². The molecule has 37 heavy (non-hydrogen) atoms. The number of benzene rings is 3. The monoisotopic (exact) mass is 535 g/mol. The molecule has 1 amide bonds. The first-order valence-corrected chi connectivity index (χ1v) is 12.2. The zero-order valence-corrected chi connectivity index (χ0v) is 21.5. The van der Waals surface area contributed by atoms with E-state index in [9.17, 15) is 4.79 Å². The zero-order valence-electron chi connectivity index (χ0n) is 20.0. The lowest BCUT2D eigenvalue weighted by molar-refractivity contribution is -0.113. The van der Waals surface area contributed by atoms with Crippen molar-refractivity contribution in [1.29, 1.82) is 0 Å². The number of hydrogen-bond acceptors (Lipinski definition) is 6. The molecule has 1 aromatic heterocycles. The van der Waals surface area contributed by atoms with Crippen LogP contribution in [0.25, 0.3) is 0 Å². The minimum absolute atomic E-state index is 0.279. The van der Waals surface area contributed by atoms with Crippen LogP contribution in [0.3, 0.4) is 0 Å². The lowest BCUT2D eigenvalue weighted by atomic mass is 9.95. The van der Waals surface area contributed by atoms with E-state index in [0.717, 1.165) is 11.1 Å². The number of ether oxygens (including phenoxy) is 2. The minimum atomic E-state index is -0.506. The predicted molar refractivity (Wildman–Crippen MR) is 143 cm³/mol. The molecule has 3 aromatic carbocycles. The molecule has 0 radical (unpaired) electrons. The van der Waals surface area contributed by atoms with Gasteiger partial charge < -0.3 is 20.1 Å². The molecule has 0 bridgehead atoms. The smallest absolute Gasteiger partial charge is 0.255 e. The Labute approximate surface area is 223 Å². The highest BCUT2D eigenvalue weighted by Crippen LogP contribution is 2.36. The number of anilines is 2. The Balaban J connectivity index is 1.41. The van der Waals surface area contributed by atoms with Gasteiger partial charge in [-0.05, 0) is 48.9 Å². The summed E-state index contributed by atoms with van der Waals surface area (Å²) in [6.45, 7) is 2.14. The topological polar surface area (TPSA) is 90.3 Å². The van der Waals surface area contributed by atoms with Crippen LogP contribution in [0.2, 0.25) is 10.0 Å². The third-order valence-electron chi connectivity index (χ3n) is 6.00. The van der Waals surface area contributed by atoms with Gasteiger partial charge in [-0.3, -0.25) is 4.79 Å². The number of rotatable bonds is 7. The van der Waals surface area contributed by atoms with Crippen molar-refractivity contribution in [2.75, 3.05) is 17.7 Å². The number of para-hydroxylation sites is 2. The van der Waals surface area contributed by atoms with Gasteiger partial charge in [0.05, 0.1) is 18.4 Å². The van der Waals surface area contributed by atoms with E-state index >= 15 is 0 Å². The van der Waals surface area contributed by atoms with Crippen molar-refractivity contribution in [3.8, 4) is 11.5 Å². The fourth-order valence-corrected chi connectivity index (χ4v) is 4.64. The normalized spacial score (nSPS) is 14.5. The predicted octanol–water partition coefficient (Wildman–Crippen LogP) is 6.10. The zero-order chi connectivity index (χ0) is 25.9. The first-order chi connectivity index (χ1) is 17.9. The molecule has 0 spiro atoms. The van der Waals surface area contributed by atoms with E-state index in [2.05, 4.69) is 20.7 Å². The number of carbonyl (C=O) groups is 1. The van der Waals surface area contributed by atoms with Crippen LogP contribution in [0.4, 0.5) is 11.6 Å². The second-order valence-electron chi connectivity index (χ2n) is 8.34. The Hall–Kier alpha value is -4.01. The number of aromatic nitrogens is 3. The number of halogens is 2. The molecule has 8 nitrogen and oxygen atoms in total. The van der Waals surface area contributed by atoms with E-state index in [1.807, 2.05) is 49.4 Å². The SMILES string of the molecule is COc1ccccc1NC(=O)C1=C(C)Nc2ncnn2[C@@H]1c1ccc(OCc2ccc(Cl)cc2Cl)cc1. The average Bonchev–Trinajstić information content (AvgIpc) is 3.36. The van der Waals surface area contributed by atoms with Gasteiger partial charge in [-0.1, -0.05) is 53.5 Å². The molecule has 0 saturated carbocycles. The van der Waals surface area contributed by atoms with Gasteiger partial charge in [-0.15, -0.1) is 0 Å². The van der Waals surface area contributed by atoms with E-state index in [-0.39, 0.29) is 5.91 Å². The molecule has 0 aliphatic carbocycles. The summed E-state index contributed by atoms with van der Waals surface area (Å²) in [6, 6.07) is 19.6. The summed E-state index contributed by atoms with van der Waals surface area (Å²) in [4.78, 5) is 17.9. The van der Waals surface area contributed by atoms with Gasteiger partial charge in [-0.2, -0.15) is 10.1 Å². The number of carbonyl (C=O) groups excluding carboxylic acids is 1. The summed E-state index contributed by atoms with van der Waals surface area (Å²) in [6.07, 6.45) is 1.46. The highest BCUT2D eigenvalue weighted by molar-refractivity contribution is 6.35. The van der Waals surface area contributed by atoms with Crippen LogP contribution in [0.15, 0.2) is 84.3 Å². The van der Waals surface area contributed by atoms with Crippen molar-refractivity contribution in [3.05, 3.63) is 105 Å². The Morgan fingerprint density at radius 2 is 1.89 bits per heavy atom. The van der Waals surface area contributed by atoms with Crippen molar-refractivity contribution >= 4 is 40.7 Å². The van der Waals surface area contributed by atoms with Crippen LogP contribution in [-0.4, -0.2) is 27.8 Å². The quantitative estimate of drug-likeness (QED) is 0.297.